The van der Waals surface area contributed by atoms with Crippen LogP contribution in [0.5, 0.6) is 0 Å². The van der Waals surface area contributed by atoms with Crippen molar-refractivity contribution in [2.24, 2.45) is 5.73 Å². The number of hydrogen-bond donors (Lipinski definition) is 3. The molecule has 0 radical (unpaired) electrons. The number of nitrogens with one attached hydrogen (secondary N) is 1. The maximum absolute atomic E-state index is 11.4. The van der Waals surface area contributed by atoms with Gasteiger partial charge in [0.2, 0.25) is 5.91 Å². The summed E-state index contributed by atoms with van der Waals surface area (Å²) in [4.78, 5) is 22.5. The quantitative estimate of drug-likeness (QED) is 0.396. The summed E-state index contributed by atoms with van der Waals surface area (Å²) in [7, 11) is 0. The summed E-state index contributed by atoms with van der Waals surface area (Å²) >= 11 is 0. The molecule has 1 amide bonds. The number of amides is 1. The van der Waals surface area contributed by atoms with Gasteiger partial charge in [-0.15, -0.1) is 0 Å². The molecule has 0 spiro atoms. The zero-order valence-electron chi connectivity index (χ0n) is 9.24. The van der Waals surface area contributed by atoms with Crippen molar-refractivity contribution in [1.82, 2.24) is 5.32 Å². The lowest BCUT2D eigenvalue weighted by atomic mass is 10.1. The van der Waals surface area contributed by atoms with Crippen LogP contribution in [0, 0.1) is 0 Å². The lowest BCUT2D eigenvalue weighted by Crippen LogP contribution is -2.55. The molecule has 4 N–H and O–H groups in total. The molecule has 1 atom stereocenters. The first-order chi connectivity index (χ1) is 6.84. The summed E-state index contributed by atoms with van der Waals surface area (Å²) in [6, 6.07) is -1.35. The smallest absolute Gasteiger partial charge is 0.332 e. The number of ether oxygens (including phenoxy) is 1. The van der Waals surface area contributed by atoms with Gasteiger partial charge in [0.05, 0.1) is 18.8 Å². The van der Waals surface area contributed by atoms with E-state index in [1.165, 1.54) is 0 Å². The Morgan fingerprint density at radius 2 is 2.07 bits per heavy atom. The van der Waals surface area contributed by atoms with Crippen LogP contribution >= 0.6 is 0 Å². The third-order valence-corrected chi connectivity index (χ3v) is 1.68. The van der Waals surface area contributed by atoms with E-state index in [1.807, 2.05) is 0 Å². The zero-order chi connectivity index (χ0) is 12.1. The molecule has 0 bridgehead atoms. The fraction of sp³-hybridized carbons (Fsp3) is 0.778. The maximum Gasteiger partial charge on any atom is 0.332 e. The monoisotopic (exact) mass is 218 g/mol. The molecule has 0 heterocycles. The van der Waals surface area contributed by atoms with Crippen molar-refractivity contribution in [2.45, 2.75) is 32.4 Å². The molecule has 0 aliphatic carbocycles. The number of esters is 1. The lowest BCUT2D eigenvalue weighted by Gasteiger charge is -2.24. The van der Waals surface area contributed by atoms with E-state index in [0.717, 1.165) is 0 Å². The third kappa shape index (κ3) is 4.75. The molecule has 0 aromatic heterocycles. The molecule has 0 aromatic rings. The van der Waals surface area contributed by atoms with Crippen molar-refractivity contribution < 1.29 is 19.4 Å². The number of rotatable bonds is 5. The Morgan fingerprint density at radius 3 is 2.47 bits per heavy atom. The third-order valence-electron chi connectivity index (χ3n) is 1.68. The minimum Gasteiger partial charge on any atom is -0.464 e. The van der Waals surface area contributed by atoms with Gasteiger partial charge in [-0.1, -0.05) is 0 Å². The second-order valence-corrected chi connectivity index (χ2v) is 3.76. The molecular formula is C9H18N2O4. The van der Waals surface area contributed by atoms with Gasteiger partial charge in [-0.2, -0.15) is 0 Å². The van der Waals surface area contributed by atoms with Gasteiger partial charge in [0, 0.05) is 0 Å². The Labute approximate surface area is 88.8 Å². The Bertz CT molecular complexity index is 240. The summed E-state index contributed by atoms with van der Waals surface area (Å²) in [5, 5.41) is 11.3. The number of carbonyl (C=O) groups excluding carboxylic acids is 2. The summed E-state index contributed by atoms with van der Waals surface area (Å²) in [5.74, 6) is -1.43. The minimum atomic E-state index is -1.35. The summed E-state index contributed by atoms with van der Waals surface area (Å²) in [6.45, 7) is 4.78. The Kier molecular flexibility index (Phi) is 5.24. The van der Waals surface area contributed by atoms with Gasteiger partial charge in [-0.05, 0) is 20.8 Å². The van der Waals surface area contributed by atoms with Crippen LogP contribution in [0.3, 0.4) is 0 Å². The zero-order valence-corrected chi connectivity index (χ0v) is 9.24. The second kappa shape index (κ2) is 5.67. The van der Waals surface area contributed by atoms with E-state index < -0.39 is 23.5 Å². The van der Waals surface area contributed by atoms with Gasteiger partial charge in [-0.3, -0.25) is 4.79 Å². The molecule has 88 valence electrons. The highest BCUT2D eigenvalue weighted by molar-refractivity contribution is 6.01. The molecule has 0 aliphatic rings. The topological polar surface area (TPSA) is 102 Å². The molecule has 0 aromatic carbocycles. The maximum atomic E-state index is 11.4. The van der Waals surface area contributed by atoms with E-state index in [0.29, 0.717) is 0 Å². The van der Waals surface area contributed by atoms with Gasteiger partial charge < -0.3 is 20.9 Å². The molecule has 15 heavy (non-hydrogen) atoms. The predicted octanol–water partition coefficient (Wildman–Crippen LogP) is -1.24. The van der Waals surface area contributed by atoms with Gasteiger partial charge in [0.25, 0.3) is 0 Å². The first-order valence-corrected chi connectivity index (χ1v) is 4.69. The molecule has 1 unspecified atom stereocenters. The van der Waals surface area contributed by atoms with Crippen molar-refractivity contribution in [1.29, 1.82) is 0 Å². The van der Waals surface area contributed by atoms with Gasteiger partial charge in [0.15, 0.2) is 6.04 Å². The van der Waals surface area contributed by atoms with E-state index in [9.17, 15) is 9.59 Å². The number of nitrogens with two attached hydrogens (primary N) is 1. The SMILES string of the molecule is CCOC(=O)C(N)C(=O)NC(C)(C)CO. The van der Waals surface area contributed by atoms with Crippen molar-refractivity contribution in [3.8, 4) is 0 Å². The fourth-order valence-corrected chi connectivity index (χ4v) is 0.790. The van der Waals surface area contributed by atoms with Crippen molar-refractivity contribution in [3.63, 3.8) is 0 Å². The van der Waals surface area contributed by atoms with Crippen LogP contribution < -0.4 is 11.1 Å². The lowest BCUT2D eigenvalue weighted by molar-refractivity contribution is -0.148. The summed E-state index contributed by atoms with van der Waals surface area (Å²) in [5.41, 5.74) is 4.54. The molecule has 0 fully saturated rings. The molecule has 0 rings (SSSR count). The van der Waals surface area contributed by atoms with Gasteiger partial charge >= 0.3 is 5.97 Å². The van der Waals surface area contributed by atoms with Gasteiger partial charge in [-0.25, -0.2) is 4.79 Å². The van der Waals surface area contributed by atoms with Crippen LogP contribution in [0.15, 0.2) is 0 Å². The van der Waals surface area contributed by atoms with Crippen LogP contribution in [0.4, 0.5) is 0 Å². The molecule has 0 saturated heterocycles. The van der Waals surface area contributed by atoms with E-state index in [4.69, 9.17) is 10.8 Å². The van der Waals surface area contributed by atoms with Crippen LogP contribution in [0.1, 0.15) is 20.8 Å². The van der Waals surface area contributed by atoms with Crippen LogP contribution in [-0.2, 0) is 14.3 Å². The average molecular weight is 218 g/mol. The summed E-state index contributed by atoms with van der Waals surface area (Å²) in [6.07, 6.45) is 0. The molecule has 0 saturated carbocycles. The molecule has 0 aliphatic heterocycles. The first kappa shape index (κ1) is 13.9. The molecule has 6 nitrogen and oxygen atoms in total. The fourth-order valence-electron chi connectivity index (χ4n) is 0.790. The Morgan fingerprint density at radius 1 is 1.53 bits per heavy atom. The van der Waals surface area contributed by atoms with Crippen molar-refractivity contribution >= 4 is 11.9 Å². The number of carbonyl (C=O) groups is 2. The van der Waals surface area contributed by atoms with E-state index in [2.05, 4.69) is 10.1 Å². The van der Waals surface area contributed by atoms with E-state index in [1.54, 1.807) is 20.8 Å². The summed E-state index contributed by atoms with van der Waals surface area (Å²) < 4.78 is 4.59. The highest BCUT2D eigenvalue weighted by Crippen LogP contribution is 2.00. The van der Waals surface area contributed by atoms with Crippen LogP contribution in [0.2, 0.25) is 0 Å². The number of aliphatic hydroxyl groups excluding tert-OH is 1. The van der Waals surface area contributed by atoms with E-state index in [-0.39, 0.29) is 13.2 Å². The highest BCUT2D eigenvalue weighted by Gasteiger charge is 2.28. The predicted molar refractivity (Wildman–Crippen MR) is 53.9 cm³/mol. The van der Waals surface area contributed by atoms with Crippen molar-refractivity contribution in [3.05, 3.63) is 0 Å². The average Bonchev–Trinajstić information content (AvgIpc) is 2.16. The van der Waals surface area contributed by atoms with Crippen molar-refractivity contribution in [2.75, 3.05) is 13.2 Å². The minimum absolute atomic E-state index is 0.170. The Balaban J connectivity index is 4.27. The highest BCUT2D eigenvalue weighted by atomic mass is 16.5. The standard InChI is InChI=1S/C9H18N2O4/c1-4-15-8(14)6(10)7(13)11-9(2,3)5-12/h6,12H,4-5,10H2,1-3H3,(H,11,13). The normalized spacial score (nSPS) is 13.1. The number of hydrogen-bond acceptors (Lipinski definition) is 5. The second-order valence-electron chi connectivity index (χ2n) is 3.76. The largest absolute Gasteiger partial charge is 0.464 e. The number of aliphatic hydroxyl groups is 1. The molecule has 6 heteroatoms. The van der Waals surface area contributed by atoms with Gasteiger partial charge in [0.1, 0.15) is 0 Å². The Hall–Kier alpha value is -1.14. The van der Waals surface area contributed by atoms with E-state index >= 15 is 0 Å². The van der Waals surface area contributed by atoms with Crippen LogP contribution in [0.25, 0.3) is 0 Å². The molecular weight excluding hydrogens is 200 g/mol. The van der Waals surface area contributed by atoms with Crippen LogP contribution in [-0.4, -0.2) is 41.8 Å². The first-order valence-electron chi connectivity index (χ1n) is 4.69.